The summed E-state index contributed by atoms with van der Waals surface area (Å²) >= 11 is 4.81. The standard InChI is InChI=1S/C13H15BrN4O2S/c1-8(2)5-12-16-17-13(21-12)15-7-9-6-10(14)3-4-11(9)18(19)20/h3-4,6,8H,5,7H2,1-2H3,(H,15,17). The van der Waals surface area contributed by atoms with E-state index in [9.17, 15) is 10.1 Å². The lowest BCUT2D eigenvalue weighted by molar-refractivity contribution is -0.385. The summed E-state index contributed by atoms with van der Waals surface area (Å²) in [4.78, 5) is 10.6. The molecule has 2 rings (SSSR count). The number of anilines is 1. The first kappa shape index (κ1) is 15.8. The summed E-state index contributed by atoms with van der Waals surface area (Å²) in [6.07, 6.45) is 0.885. The highest BCUT2D eigenvalue weighted by atomic mass is 79.9. The van der Waals surface area contributed by atoms with E-state index < -0.39 is 0 Å². The van der Waals surface area contributed by atoms with Crippen LogP contribution in [0.1, 0.15) is 24.4 Å². The number of aromatic nitrogens is 2. The summed E-state index contributed by atoms with van der Waals surface area (Å²) in [6, 6.07) is 4.89. The van der Waals surface area contributed by atoms with E-state index in [-0.39, 0.29) is 10.6 Å². The molecular formula is C13H15BrN4O2S. The Morgan fingerprint density at radius 3 is 2.86 bits per heavy atom. The van der Waals surface area contributed by atoms with Gasteiger partial charge in [0.1, 0.15) is 5.01 Å². The molecule has 0 aliphatic heterocycles. The zero-order valence-corrected chi connectivity index (χ0v) is 14.1. The molecule has 21 heavy (non-hydrogen) atoms. The van der Waals surface area contributed by atoms with Crippen LogP contribution in [0.5, 0.6) is 0 Å². The van der Waals surface area contributed by atoms with Crippen molar-refractivity contribution in [2.24, 2.45) is 5.92 Å². The molecule has 1 aromatic heterocycles. The van der Waals surface area contributed by atoms with Gasteiger partial charge in [0.25, 0.3) is 5.69 Å². The van der Waals surface area contributed by atoms with Crippen LogP contribution >= 0.6 is 27.3 Å². The SMILES string of the molecule is CC(C)Cc1nnc(NCc2cc(Br)ccc2[N+](=O)[O-])s1. The van der Waals surface area contributed by atoms with Gasteiger partial charge in [-0.25, -0.2) is 0 Å². The van der Waals surface area contributed by atoms with Crippen LogP contribution in [0.4, 0.5) is 10.8 Å². The van der Waals surface area contributed by atoms with Crippen molar-refractivity contribution in [1.29, 1.82) is 0 Å². The van der Waals surface area contributed by atoms with Gasteiger partial charge in [-0.3, -0.25) is 10.1 Å². The van der Waals surface area contributed by atoms with Crippen molar-refractivity contribution in [3.63, 3.8) is 0 Å². The quantitative estimate of drug-likeness (QED) is 0.613. The van der Waals surface area contributed by atoms with Crippen molar-refractivity contribution in [3.8, 4) is 0 Å². The van der Waals surface area contributed by atoms with Crippen molar-refractivity contribution >= 4 is 38.1 Å². The van der Waals surface area contributed by atoms with Crippen LogP contribution < -0.4 is 5.32 Å². The molecule has 0 aliphatic rings. The number of rotatable bonds is 6. The number of nitrogens with one attached hydrogen (secondary N) is 1. The van der Waals surface area contributed by atoms with Crippen LogP contribution in [0.3, 0.4) is 0 Å². The Labute approximate surface area is 134 Å². The first-order chi connectivity index (χ1) is 9.95. The Kier molecular flexibility index (Phi) is 5.24. The van der Waals surface area contributed by atoms with Crippen LogP contribution in [0, 0.1) is 16.0 Å². The zero-order chi connectivity index (χ0) is 15.4. The zero-order valence-electron chi connectivity index (χ0n) is 11.7. The van der Waals surface area contributed by atoms with Crippen LogP contribution in [0.15, 0.2) is 22.7 Å². The number of halogens is 1. The summed E-state index contributed by atoms with van der Waals surface area (Å²) in [5.41, 5.74) is 0.701. The molecule has 1 N–H and O–H groups in total. The minimum Gasteiger partial charge on any atom is -0.356 e. The number of hydrogen-bond acceptors (Lipinski definition) is 6. The number of hydrogen-bond donors (Lipinski definition) is 1. The predicted molar refractivity (Wildman–Crippen MR) is 86.6 cm³/mol. The van der Waals surface area contributed by atoms with Gasteiger partial charge in [-0.1, -0.05) is 41.1 Å². The van der Waals surface area contributed by atoms with Crippen LogP contribution in [0.25, 0.3) is 0 Å². The van der Waals surface area contributed by atoms with Gasteiger partial charge in [-0.05, 0) is 18.1 Å². The molecule has 0 radical (unpaired) electrons. The lowest BCUT2D eigenvalue weighted by Gasteiger charge is -2.04. The third-order valence-corrected chi connectivity index (χ3v) is 4.11. The second-order valence-corrected chi connectivity index (χ2v) is 6.96. The van der Waals surface area contributed by atoms with E-state index >= 15 is 0 Å². The lowest BCUT2D eigenvalue weighted by atomic mass is 10.1. The first-order valence-electron chi connectivity index (χ1n) is 6.44. The molecule has 0 amide bonds. The molecule has 0 spiro atoms. The van der Waals surface area contributed by atoms with Crippen LogP contribution in [-0.4, -0.2) is 15.1 Å². The van der Waals surface area contributed by atoms with Gasteiger partial charge >= 0.3 is 0 Å². The van der Waals surface area contributed by atoms with E-state index in [1.165, 1.54) is 17.4 Å². The number of benzene rings is 1. The maximum atomic E-state index is 11.0. The molecule has 0 aliphatic carbocycles. The fourth-order valence-electron chi connectivity index (χ4n) is 1.80. The molecule has 112 valence electrons. The number of nitro groups is 1. The molecule has 0 atom stereocenters. The molecular weight excluding hydrogens is 356 g/mol. The summed E-state index contributed by atoms with van der Waals surface area (Å²) < 4.78 is 0.808. The molecule has 0 bridgehead atoms. The fraction of sp³-hybridized carbons (Fsp3) is 0.385. The van der Waals surface area contributed by atoms with E-state index in [0.717, 1.165) is 15.9 Å². The molecule has 0 saturated carbocycles. The van der Waals surface area contributed by atoms with Gasteiger partial charge < -0.3 is 5.32 Å². The van der Waals surface area contributed by atoms with Gasteiger partial charge in [0.15, 0.2) is 0 Å². The maximum Gasteiger partial charge on any atom is 0.274 e. The second kappa shape index (κ2) is 6.95. The largest absolute Gasteiger partial charge is 0.356 e. The Morgan fingerprint density at radius 2 is 2.19 bits per heavy atom. The fourth-order valence-corrected chi connectivity index (χ4v) is 3.16. The number of nitrogens with zero attached hydrogens (tertiary/aromatic N) is 3. The second-order valence-electron chi connectivity index (χ2n) is 4.98. The molecule has 1 heterocycles. The minimum absolute atomic E-state index is 0.0950. The highest BCUT2D eigenvalue weighted by Gasteiger charge is 2.14. The summed E-state index contributed by atoms with van der Waals surface area (Å²) in [7, 11) is 0. The molecule has 0 unspecified atom stereocenters. The minimum atomic E-state index is -0.381. The summed E-state index contributed by atoms with van der Waals surface area (Å²) in [6.45, 7) is 4.59. The van der Waals surface area contributed by atoms with Gasteiger partial charge in [-0.2, -0.15) is 0 Å². The lowest BCUT2D eigenvalue weighted by Crippen LogP contribution is -2.03. The highest BCUT2D eigenvalue weighted by molar-refractivity contribution is 9.10. The Morgan fingerprint density at radius 1 is 1.43 bits per heavy atom. The van der Waals surface area contributed by atoms with Crippen molar-refractivity contribution in [1.82, 2.24) is 10.2 Å². The van der Waals surface area contributed by atoms with E-state index in [4.69, 9.17) is 0 Å². The van der Waals surface area contributed by atoms with Gasteiger partial charge in [0.2, 0.25) is 5.13 Å². The van der Waals surface area contributed by atoms with Crippen LogP contribution in [0.2, 0.25) is 0 Å². The van der Waals surface area contributed by atoms with Gasteiger partial charge in [0, 0.05) is 23.5 Å². The van der Waals surface area contributed by atoms with Crippen LogP contribution in [-0.2, 0) is 13.0 Å². The van der Waals surface area contributed by atoms with Crippen molar-refractivity contribution in [2.75, 3.05) is 5.32 Å². The number of nitro benzene ring substituents is 1. The van der Waals surface area contributed by atoms with Gasteiger partial charge in [-0.15, -0.1) is 10.2 Å². The molecule has 0 fully saturated rings. The molecule has 0 saturated heterocycles. The maximum absolute atomic E-state index is 11.0. The van der Waals surface area contributed by atoms with Crippen molar-refractivity contribution < 1.29 is 4.92 Å². The molecule has 8 heteroatoms. The van der Waals surface area contributed by atoms with Crippen molar-refractivity contribution in [2.45, 2.75) is 26.8 Å². The first-order valence-corrected chi connectivity index (χ1v) is 8.05. The molecule has 1 aromatic carbocycles. The monoisotopic (exact) mass is 370 g/mol. The summed E-state index contributed by atoms with van der Waals surface area (Å²) in [5, 5.41) is 23.9. The molecule has 2 aromatic rings. The normalized spacial score (nSPS) is 10.9. The highest BCUT2D eigenvalue weighted by Crippen LogP contribution is 2.25. The van der Waals surface area contributed by atoms with E-state index in [2.05, 4.69) is 45.3 Å². The molecule has 6 nitrogen and oxygen atoms in total. The third-order valence-electron chi connectivity index (χ3n) is 2.72. The van der Waals surface area contributed by atoms with Gasteiger partial charge in [0.05, 0.1) is 10.5 Å². The summed E-state index contributed by atoms with van der Waals surface area (Å²) in [5.74, 6) is 0.525. The average molecular weight is 371 g/mol. The predicted octanol–water partition coefficient (Wildman–Crippen LogP) is 4.02. The topological polar surface area (TPSA) is 81.0 Å². The van der Waals surface area contributed by atoms with E-state index in [1.807, 2.05) is 0 Å². The Bertz CT molecular complexity index is 645. The van der Waals surface area contributed by atoms with Crippen molar-refractivity contribution in [3.05, 3.63) is 43.4 Å². The Balaban J connectivity index is 2.07. The third kappa shape index (κ3) is 4.47. The smallest absolute Gasteiger partial charge is 0.274 e. The Hall–Kier alpha value is -1.54. The average Bonchev–Trinajstić information content (AvgIpc) is 2.82. The van der Waals surface area contributed by atoms with E-state index in [0.29, 0.717) is 23.2 Å². The van der Waals surface area contributed by atoms with E-state index in [1.54, 1.807) is 12.1 Å².